The van der Waals surface area contributed by atoms with Crippen LogP contribution in [0.5, 0.6) is 5.75 Å². The van der Waals surface area contributed by atoms with E-state index in [0.717, 1.165) is 0 Å². The van der Waals surface area contributed by atoms with Gasteiger partial charge in [-0.1, -0.05) is 6.07 Å². The monoisotopic (exact) mass is 371 g/mol. The number of alkyl halides is 1. The molecule has 2 aliphatic carbocycles. The molecule has 0 saturated heterocycles. The van der Waals surface area contributed by atoms with Crippen molar-refractivity contribution in [1.82, 2.24) is 0 Å². The van der Waals surface area contributed by atoms with E-state index in [1.165, 1.54) is 25.3 Å². The van der Waals surface area contributed by atoms with Crippen LogP contribution in [0.2, 0.25) is 0 Å². The van der Waals surface area contributed by atoms with E-state index in [1.807, 2.05) is 0 Å². The zero-order valence-electron chi connectivity index (χ0n) is 14.1. The average Bonchev–Trinajstić information content (AvgIpc) is 3.06. The zero-order valence-corrected chi connectivity index (χ0v) is 14.1. The third kappa shape index (κ3) is 2.38. The fourth-order valence-electron chi connectivity index (χ4n) is 4.02. The first kappa shape index (κ1) is 18.5. The molecule has 3 rings (SSSR count). The van der Waals surface area contributed by atoms with Crippen molar-refractivity contribution in [1.29, 1.82) is 0 Å². The van der Waals surface area contributed by atoms with Gasteiger partial charge in [-0.05, 0) is 31.0 Å². The van der Waals surface area contributed by atoms with Crippen molar-refractivity contribution in [2.75, 3.05) is 7.11 Å². The van der Waals surface area contributed by atoms with Crippen molar-refractivity contribution in [3.8, 4) is 5.75 Å². The number of halogens is 2. The molecule has 0 spiro atoms. The average molecular weight is 371 g/mol. The lowest BCUT2D eigenvalue weighted by molar-refractivity contribution is -0.158. The summed E-state index contributed by atoms with van der Waals surface area (Å²) in [5, 5.41) is 18.6. The Morgan fingerprint density at radius 2 is 2.00 bits per heavy atom. The predicted octanol–water partition coefficient (Wildman–Crippen LogP) is 1.51. The normalized spacial score (nSPS) is 36.3. The predicted molar refractivity (Wildman–Crippen MR) is 83.9 cm³/mol. The zero-order chi connectivity index (χ0) is 19.4. The van der Waals surface area contributed by atoms with Crippen LogP contribution in [-0.2, 0) is 14.3 Å². The highest BCUT2D eigenvalue weighted by atomic mass is 19.1. The third-order valence-electron chi connectivity index (χ3n) is 5.51. The second-order valence-corrected chi connectivity index (χ2v) is 6.79. The number of rotatable bonds is 6. The molecule has 2 aliphatic rings. The lowest BCUT2D eigenvalue weighted by Crippen LogP contribution is -2.60. The second kappa shape index (κ2) is 5.88. The molecule has 0 aliphatic heterocycles. The molecule has 142 valence electrons. The Morgan fingerprint density at radius 1 is 1.35 bits per heavy atom. The summed E-state index contributed by atoms with van der Waals surface area (Å²) in [6.07, 6.45) is -1.89. The molecule has 0 aromatic heterocycles. The number of fused-ring (bicyclic) bond motifs is 1. The molecule has 1 aromatic rings. The van der Waals surface area contributed by atoms with Crippen LogP contribution in [0, 0.1) is 17.7 Å². The molecule has 0 amide bonds. The van der Waals surface area contributed by atoms with E-state index in [0.29, 0.717) is 5.56 Å². The summed E-state index contributed by atoms with van der Waals surface area (Å²) in [5.74, 6) is -6.16. The minimum atomic E-state index is -2.64. The topological polar surface area (TPSA) is 119 Å². The van der Waals surface area contributed by atoms with Crippen LogP contribution in [0.1, 0.15) is 25.0 Å². The van der Waals surface area contributed by atoms with Gasteiger partial charge in [0.2, 0.25) is 5.67 Å². The number of ether oxygens (including phenoxy) is 2. The van der Waals surface area contributed by atoms with Crippen LogP contribution in [0.15, 0.2) is 18.2 Å². The summed E-state index contributed by atoms with van der Waals surface area (Å²) < 4.78 is 38.7. The van der Waals surface area contributed by atoms with Gasteiger partial charge in [0.05, 0.1) is 19.3 Å². The first-order chi connectivity index (χ1) is 12.1. The molecule has 0 bridgehead atoms. The van der Waals surface area contributed by atoms with Gasteiger partial charge in [-0.3, -0.25) is 4.79 Å². The molecule has 9 heteroatoms. The SMILES string of the molecule is COc1cc([C@@H](C)O[C@@H]2C[C@@H]3[C@H]([C@]2(N)C(=O)O)[C@@]3(F)C(=O)O)ccc1F. The maximum atomic E-state index is 14.5. The number of carboxylic acid groups (broad SMARTS) is 2. The summed E-state index contributed by atoms with van der Waals surface area (Å²) in [6, 6.07) is 4.04. The first-order valence-corrected chi connectivity index (χ1v) is 8.01. The quantitative estimate of drug-likeness (QED) is 0.693. The van der Waals surface area contributed by atoms with E-state index in [4.69, 9.17) is 20.3 Å². The largest absolute Gasteiger partial charge is 0.494 e. The van der Waals surface area contributed by atoms with Gasteiger partial charge in [-0.2, -0.15) is 0 Å². The Hall–Kier alpha value is -2.26. The molecule has 2 fully saturated rings. The molecular weight excluding hydrogens is 352 g/mol. The number of aliphatic carboxylic acids is 2. The Kier molecular flexibility index (Phi) is 4.19. The molecular formula is C17H19F2NO6. The highest BCUT2D eigenvalue weighted by molar-refractivity contribution is 5.90. The smallest absolute Gasteiger partial charge is 0.342 e. The van der Waals surface area contributed by atoms with E-state index in [9.17, 15) is 23.5 Å². The van der Waals surface area contributed by atoms with Crippen molar-refractivity contribution in [3.05, 3.63) is 29.6 Å². The van der Waals surface area contributed by atoms with Crippen LogP contribution in [0.4, 0.5) is 8.78 Å². The van der Waals surface area contributed by atoms with Gasteiger partial charge in [0, 0.05) is 11.8 Å². The maximum absolute atomic E-state index is 14.5. The molecule has 0 unspecified atom stereocenters. The van der Waals surface area contributed by atoms with Crippen LogP contribution in [-0.4, -0.2) is 46.6 Å². The van der Waals surface area contributed by atoms with E-state index < -0.39 is 53.0 Å². The number of methoxy groups -OCH3 is 1. The Bertz CT molecular complexity index is 774. The molecule has 0 radical (unpaired) electrons. The maximum Gasteiger partial charge on any atom is 0.342 e. The van der Waals surface area contributed by atoms with Gasteiger partial charge in [0.1, 0.15) is 5.54 Å². The minimum absolute atomic E-state index is 0.00174. The summed E-state index contributed by atoms with van der Waals surface area (Å²) >= 11 is 0. The third-order valence-corrected chi connectivity index (χ3v) is 5.51. The molecule has 6 atom stereocenters. The van der Waals surface area contributed by atoms with Crippen molar-refractivity contribution in [3.63, 3.8) is 0 Å². The van der Waals surface area contributed by atoms with Gasteiger partial charge < -0.3 is 25.4 Å². The van der Waals surface area contributed by atoms with Crippen LogP contribution in [0.25, 0.3) is 0 Å². The highest BCUT2D eigenvalue weighted by Gasteiger charge is 2.85. The Labute approximate surface area is 147 Å². The van der Waals surface area contributed by atoms with Crippen LogP contribution in [0.3, 0.4) is 0 Å². The summed E-state index contributed by atoms with van der Waals surface area (Å²) in [7, 11) is 1.31. The van der Waals surface area contributed by atoms with Gasteiger partial charge in [0.25, 0.3) is 0 Å². The van der Waals surface area contributed by atoms with Crippen molar-refractivity contribution in [2.45, 2.75) is 36.8 Å². The number of benzene rings is 1. The van der Waals surface area contributed by atoms with Gasteiger partial charge in [0.15, 0.2) is 11.6 Å². The highest BCUT2D eigenvalue weighted by Crippen LogP contribution is 2.67. The molecule has 1 aromatic carbocycles. The van der Waals surface area contributed by atoms with E-state index in [2.05, 4.69) is 0 Å². The Morgan fingerprint density at radius 3 is 2.54 bits per heavy atom. The first-order valence-electron chi connectivity index (χ1n) is 8.01. The minimum Gasteiger partial charge on any atom is -0.494 e. The number of hydrogen-bond donors (Lipinski definition) is 3. The van der Waals surface area contributed by atoms with Crippen molar-refractivity contribution < 1.29 is 38.1 Å². The van der Waals surface area contributed by atoms with Crippen LogP contribution >= 0.6 is 0 Å². The second-order valence-electron chi connectivity index (χ2n) is 6.79. The molecule has 26 heavy (non-hydrogen) atoms. The number of carboxylic acids is 2. The molecule has 0 heterocycles. The Balaban J connectivity index is 1.82. The number of nitrogens with two attached hydrogens (primary N) is 1. The fraction of sp³-hybridized carbons (Fsp3) is 0.529. The molecule has 2 saturated carbocycles. The molecule has 4 N–H and O–H groups in total. The van der Waals surface area contributed by atoms with E-state index in [1.54, 1.807) is 6.92 Å². The summed E-state index contributed by atoms with van der Waals surface area (Å²) in [4.78, 5) is 22.9. The number of carbonyl (C=O) groups is 2. The van der Waals surface area contributed by atoms with Crippen molar-refractivity contribution >= 4 is 11.9 Å². The summed E-state index contributed by atoms with van der Waals surface area (Å²) in [6.45, 7) is 1.61. The molecule has 7 nitrogen and oxygen atoms in total. The van der Waals surface area contributed by atoms with Gasteiger partial charge in [-0.25, -0.2) is 13.6 Å². The number of hydrogen-bond acceptors (Lipinski definition) is 5. The lowest BCUT2D eigenvalue weighted by Gasteiger charge is -2.33. The lowest BCUT2D eigenvalue weighted by atomic mass is 9.87. The van der Waals surface area contributed by atoms with Crippen molar-refractivity contribution in [2.24, 2.45) is 17.6 Å². The summed E-state index contributed by atoms with van der Waals surface area (Å²) in [5.41, 5.74) is 1.65. The standard InChI is InChI=1S/C17H19F2NO6/c1-7(8-3-4-10(18)11(5-8)25-2)26-12-6-9-13(16(9,19)14(21)22)17(12,20)15(23)24/h3-5,7,9,12-13H,6,20H2,1-2H3,(H,21,22)(H,23,24)/t7-,9-,12-,13+,16-,17+/m1/s1. The van der Waals surface area contributed by atoms with Gasteiger partial charge >= 0.3 is 11.9 Å². The van der Waals surface area contributed by atoms with E-state index in [-0.39, 0.29) is 12.2 Å². The van der Waals surface area contributed by atoms with E-state index >= 15 is 0 Å². The van der Waals surface area contributed by atoms with Gasteiger partial charge in [-0.15, -0.1) is 0 Å². The fourth-order valence-corrected chi connectivity index (χ4v) is 4.02. The van der Waals surface area contributed by atoms with Crippen LogP contribution < -0.4 is 10.5 Å².